The molecule has 1 aromatic rings. The number of pyridine rings is 1. The first-order valence-electron chi connectivity index (χ1n) is 4.06. The van der Waals surface area contributed by atoms with Crippen molar-refractivity contribution < 1.29 is 4.79 Å². The van der Waals surface area contributed by atoms with E-state index in [0.29, 0.717) is 5.56 Å². The van der Waals surface area contributed by atoms with Crippen molar-refractivity contribution in [3.63, 3.8) is 0 Å². The van der Waals surface area contributed by atoms with Crippen LogP contribution < -0.4 is 0 Å². The molecule has 0 spiro atoms. The van der Waals surface area contributed by atoms with Crippen LogP contribution in [-0.2, 0) is 0 Å². The highest BCUT2D eigenvalue weighted by atomic mass is 16.1. The molecular weight excluding hydrogens is 164 g/mol. The zero-order valence-electron chi connectivity index (χ0n) is 7.45. The SMILES string of the molecule is Cc1ccncc1C(=O)CCC#N. The lowest BCUT2D eigenvalue weighted by Crippen LogP contribution is -2.01. The van der Waals surface area contributed by atoms with Crippen molar-refractivity contribution in [1.82, 2.24) is 4.98 Å². The first-order chi connectivity index (χ1) is 6.25. The van der Waals surface area contributed by atoms with E-state index in [9.17, 15) is 4.79 Å². The Morgan fingerprint density at radius 3 is 3.08 bits per heavy atom. The molecule has 13 heavy (non-hydrogen) atoms. The average molecular weight is 174 g/mol. The summed E-state index contributed by atoms with van der Waals surface area (Å²) < 4.78 is 0. The summed E-state index contributed by atoms with van der Waals surface area (Å²) in [7, 11) is 0. The Morgan fingerprint density at radius 2 is 2.46 bits per heavy atom. The van der Waals surface area contributed by atoms with Crippen molar-refractivity contribution >= 4 is 5.78 Å². The van der Waals surface area contributed by atoms with E-state index < -0.39 is 0 Å². The molecule has 0 aliphatic heterocycles. The minimum atomic E-state index is -0.00727. The highest BCUT2D eigenvalue weighted by Crippen LogP contribution is 2.08. The zero-order valence-corrected chi connectivity index (χ0v) is 7.45. The van der Waals surface area contributed by atoms with Gasteiger partial charge in [0.25, 0.3) is 0 Å². The van der Waals surface area contributed by atoms with Crippen LogP contribution in [0.5, 0.6) is 0 Å². The third kappa shape index (κ3) is 2.38. The van der Waals surface area contributed by atoms with Gasteiger partial charge < -0.3 is 0 Å². The number of nitrogens with zero attached hydrogens (tertiary/aromatic N) is 2. The third-order valence-electron chi connectivity index (χ3n) is 1.80. The number of aromatic nitrogens is 1. The summed E-state index contributed by atoms with van der Waals surface area (Å²) in [4.78, 5) is 15.3. The molecule has 0 aliphatic carbocycles. The van der Waals surface area contributed by atoms with E-state index in [1.807, 2.05) is 13.0 Å². The first kappa shape index (κ1) is 9.40. The number of nitriles is 1. The van der Waals surface area contributed by atoms with Gasteiger partial charge in [0, 0.05) is 30.8 Å². The predicted octanol–water partition coefficient (Wildman–Crippen LogP) is 1.88. The summed E-state index contributed by atoms with van der Waals surface area (Å²) in [5.41, 5.74) is 1.54. The van der Waals surface area contributed by atoms with Gasteiger partial charge in [-0.2, -0.15) is 5.26 Å². The van der Waals surface area contributed by atoms with Crippen molar-refractivity contribution in [1.29, 1.82) is 5.26 Å². The molecule has 0 radical (unpaired) electrons. The molecule has 0 saturated heterocycles. The molecule has 0 fully saturated rings. The topological polar surface area (TPSA) is 53.8 Å². The van der Waals surface area contributed by atoms with Crippen molar-refractivity contribution in [3.8, 4) is 6.07 Å². The van der Waals surface area contributed by atoms with E-state index in [4.69, 9.17) is 5.26 Å². The molecule has 3 nitrogen and oxygen atoms in total. The monoisotopic (exact) mass is 174 g/mol. The number of hydrogen-bond donors (Lipinski definition) is 0. The maximum atomic E-state index is 11.4. The summed E-state index contributed by atoms with van der Waals surface area (Å²) in [5, 5.41) is 8.31. The van der Waals surface area contributed by atoms with E-state index in [0.717, 1.165) is 5.56 Å². The molecule has 0 bridgehead atoms. The Morgan fingerprint density at radius 1 is 1.69 bits per heavy atom. The number of Topliss-reactive ketones (excluding diaryl/α,β-unsaturated/α-hetero) is 1. The lowest BCUT2D eigenvalue weighted by molar-refractivity contribution is 0.0983. The van der Waals surface area contributed by atoms with Crippen LogP contribution >= 0.6 is 0 Å². The normalized spacial score (nSPS) is 9.23. The van der Waals surface area contributed by atoms with Crippen LogP contribution in [0.3, 0.4) is 0 Å². The van der Waals surface area contributed by atoms with Crippen molar-refractivity contribution in [2.45, 2.75) is 19.8 Å². The van der Waals surface area contributed by atoms with Gasteiger partial charge in [-0.15, -0.1) is 0 Å². The van der Waals surface area contributed by atoms with Gasteiger partial charge in [-0.05, 0) is 18.6 Å². The molecule has 0 aliphatic rings. The highest BCUT2D eigenvalue weighted by Gasteiger charge is 2.07. The molecule has 0 saturated carbocycles. The Kier molecular flexibility index (Phi) is 3.15. The van der Waals surface area contributed by atoms with E-state index >= 15 is 0 Å². The van der Waals surface area contributed by atoms with Crippen LogP contribution in [0.15, 0.2) is 18.5 Å². The van der Waals surface area contributed by atoms with E-state index in [-0.39, 0.29) is 18.6 Å². The summed E-state index contributed by atoms with van der Waals surface area (Å²) >= 11 is 0. The van der Waals surface area contributed by atoms with Crippen LogP contribution in [0.1, 0.15) is 28.8 Å². The van der Waals surface area contributed by atoms with Gasteiger partial charge in [0.2, 0.25) is 0 Å². The lowest BCUT2D eigenvalue weighted by atomic mass is 10.0. The van der Waals surface area contributed by atoms with Gasteiger partial charge in [-0.3, -0.25) is 9.78 Å². The van der Waals surface area contributed by atoms with Crippen LogP contribution in [-0.4, -0.2) is 10.8 Å². The van der Waals surface area contributed by atoms with Crippen LogP contribution in [0.25, 0.3) is 0 Å². The molecule has 66 valence electrons. The summed E-state index contributed by atoms with van der Waals surface area (Å²) in [5.74, 6) is -0.00727. The molecule has 0 unspecified atom stereocenters. The Bertz CT molecular complexity index is 352. The Hall–Kier alpha value is -1.69. The largest absolute Gasteiger partial charge is 0.294 e. The standard InChI is InChI=1S/C10H10N2O/c1-8-4-6-12-7-9(8)10(13)3-2-5-11/h4,6-7H,2-3H2,1H3. The second kappa shape index (κ2) is 4.36. The molecule has 0 N–H and O–H groups in total. The predicted molar refractivity (Wildman–Crippen MR) is 48.2 cm³/mol. The Labute approximate surface area is 77.0 Å². The van der Waals surface area contributed by atoms with E-state index in [1.54, 1.807) is 18.5 Å². The minimum absolute atomic E-state index is 0.00727. The summed E-state index contributed by atoms with van der Waals surface area (Å²) in [6.07, 6.45) is 3.75. The fourth-order valence-corrected chi connectivity index (χ4v) is 1.06. The summed E-state index contributed by atoms with van der Waals surface area (Å²) in [6.45, 7) is 1.86. The van der Waals surface area contributed by atoms with Crippen LogP contribution in [0.4, 0.5) is 0 Å². The maximum Gasteiger partial charge on any atom is 0.165 e. The fraction of sp³-hybridized carbons (Fsp3) is 0.300. The van der Waals surface area contributed by atoms with Crippen molar-refractivity contribution in [2.24, 2.45) is 0 Å². The number of aryl methyl sites for hydroxylation is 1. The van der Waals surface area contributed by atoms with Gasteiger partial charge in [0.05, 0.1) is 6.07 Å². The number of ketones is 1. The number of carbonyl (C=O) groups excluding carboxylic acids is 1. The van der Waals surface area contributed by atoms with Crippen LogP contribution in [0, 0.1) is 18.3 Å². The second-order valence-electron chi connectivity index (χ2n) is 2.77. The van der Waals surface area contributed by atoms with Gasteiger partial charge in [-0.25, -0.2) is 0 Å². The van der Waals surface area contributed by atoms with Gasteiger partial charge >= 0.3 is 0 Å². The average Bonchev–Trinajstić information content (AvgIpc) is 2.15. The van der Waals surface area contributed by atoms with Gasteiger partial charge in [0.15, 0.2) is 5.78 Å². The number of hydrogen-bond acceptors (Lipinski definition) is 3. The Balaban J connectivity index is 2.78. The summed E-state index contributed by atoms with van der Waals surface area (Å²) in [6, 6.07) is 3.74. The molecular formula is C10H10N2O. The molecule has 3 heteroatoms. The quantitative estimate of drug-likeness (QED) is 0.657. The molecule has 0 amide bonds. The lowest BCUT2D eigenvalue weighted by Gasteiger charge is -2.00. The second-order valence-corrected chi connectivity index (χ2v) is 2.77. The number of carbonyl (C=O) groups is 1. The highest BCUT2D eigenvalue weighted by molar-refractivity contribution is 5.97. The smallest absolute Gasteiger partial charge is 0.165 e. The zero-order chi connectivity index (χ0) is 9.68. The fourth-order valence-electron chi connectivity index (χ4n) is 1.06. The van der Waals surface area contributed by atoms with Gasteiger partial charge in [-0.1, -0.05) is 0 Å². The molecule has 0 aromatic carbocycles. The van der Waals surface area contributed by atoms with Crippen LogP contribution in [0.2, 0.25) is 0 Å². The molecule has 1 aromatic heterocycles. The minimum Gasteiger partial charge on any atom is -0.294 e. The van der Waals surface area contributed by atoms with Crippen molar-refractivity contribution in [2.75, 3.05) is 0 Å². The third-order valence-corrected chi connectivity index (χ3v) is 1.80. The molecule has 1 heterocycles. The number of rotatable bonds is 3. The van der Waals surface area contributed by atoms with Crippen molar-refractivity contribution in [3.05, 3.63) is 29.6 Å². The maximum absolute atomic E-state index is 11.4. The van der Waals surface area contributed by atoms with E-state index in [2.05, 4.69) is 4.98 Å². The van der Waals surface area contributed by atoms with Gasteiger partial charge in [0.1, 0.15) is 0 Å². The molecule has 1 rings (SSSR count). The van der Waals surface area contributed by atoms with E-state index in [1.165, 1.54) is 0 Å². The first-order valence-corrected chi connectivity index (χ1v) is 4.06. The molecule has 0 atom stereocenters.